The van der Waals surface area contributed by atoms with Gasteiger partial charge in [-0.3, -0.25) is 9.59 Å². The van der Waals surface area contributed by atoms with Gasteiger partial charge in [0.1, 0.15) is 6.04 Å². The molecule has 0 aliphatic carbocycles. The zero-order chi connectivity index (χ0) is 22.4. The minimum Gasteiger partial charge on any atom is -0.352 e. The molecule has 0 spiro atoms. The molecule has 0 aromatic heterocycles. The Morgan fingerprint density at radius 1 is 0.967 bits per heavy atom. The fourth-order valence-electron chi connectivity index (χ4n) is 3.08. The SMILES string of the molecule is CC[C@H](C(=O)NC(C)C)N(Cc1c(Cl)cccc1Cl)C(=O)Cc1ccc(Cl)c(Cl)c1. The highest BCUT2D eigenvalue weighted by atomic mass is 35.5. The molecule has 30 heavy (non-hydrogen) atoms. The highest BCUT2D eigenvalue weighted by molar-refractivity contribution is 6.42. The lowest BCUT2D eigenvalue weighted by atomic mass is 10.1. The van der Waals surface area contributed by atoms with E-state index in [1.165, 1.54) is 4.90 Å². The van der Waals surface area contributed by atoms with Crippen LogP contribution in [0, 0.1) is 0 Å². The van der Waals surface area contributed by atoms with Gasteiger partial charge in [0.15, 0.2) is 0 Å². The van der Waals surface area contributed by atoms with E-state index in [2.05, 4.69) is 5.32 Å². The number of carbonyl (C=O) groups excluding carboxylic acids is 2. The van der Waals surface area contributed by atoms with Gasteiger partial charge >= 0.3 is 0 Å². The fraction of sp³-hybridized carbons (Fsp3) is 0.364. The molecule has 2 aromatic carbocycles. The lowest BCUT2D eigenvalue weighted by molar-refractivity contribution is -0.141. The van der Waals surface area contributed by atoms with Crippen molar-refractivity contribution < 1.29 is 9.59 Å². The van der Waals surface area contributed by atoms with Crippen LogP contribution in [0.15, 0.2) is 36.4 Å². The Morgan fingerprint density at radius 2 is 1.60 bits per heavy atom. The van der Waals surface area contributed by atoms with Crippen LogP contribution >= 0.6 is 46.4 Å². The number of carbonyl (C=O) groups is 2. The molecule has 0 unspecified atom stereocenters. The van der Waals surface area contributed by atoms with E-state index in [9.17, 15) is 9.59 Å². The normalized spacial score (nSPS) is 12.0. The third-order valence-corrected chi connectivity index (χ3v) is 5.99. The Morgan fingerprint density at radius 3 is 2.13 bits per heavy atom. The van der Waals surface area contributed by atoms with E-state index in [4.69, 9.17) is 46.4 Å². The second-order valence-electron chi connectivity index (χ2n) is 7.23. The summed E-state index contributed by atoms with van der Waals surface area (Å²) in [5.74, 6) is -0.465. The summed E-state index contributed by atoms with van der Waals surface area (Å²) in [5.41, 5.74) is 1.29. The minimum absolute atomic E-state index is 0.0533. The Bertz CT molecular complexity index is 898. The maximum atomic E-state index is 13.3. The molecule has 0 saturated carbocycles. The molecule has 1 N–H and O–H groups in total. The van der Waals surface area contributed by atoms with Gasteiger partial charge in [-0.25, -0.2) is 0 Å². The smallest absolute Gasteiger partial charge is 0.243 e. The molecule has 4 nitrogen and oxygen atoms in total. The quantitative estimate of drug-likeness (QED) is 0.481. The number of rotatable bonds is 8. The van der Waals surface area contributed by atoms with Crippen molar-refractivity contribution in [2.75, 3.05) is 0 Å². The second kappa shape index (κ2) is 11.2. The van der Waals surface area contributed by atoms with E-state index in [0.29, 0.717) is 37.6 Å². The summed E-state index contributed by atoms with van der Waals surface area (Å²) in [6, 6.07) is 9.46. The monoisotopic (exact) mass is 488 g/mol. The molecule has 162 valence electrons. The number of hydrogen-bond donors (Lipinski definition) is 1. The van der Waals surface area contributed by atoms with Crippen LogP contribution in [0.1, 0.15) is 38.3 Å². The molecule has 0 radical (unpaired) electrons. The van der Waals surface area contributed by atoms with Crippen molar-refractivity contribution in [1.82, 2.24) is 10.2 Å². The standard InChI is InChI=1S/C22H24Cl4N2O2/c1-4-20(22(30)27-13(2)3)28(12-15-16(23)6-5-7-17(15)24)21(29)11-14-8-9-18(25)19(26)10-14/h5-10,13,20H,4,11-12H2,1-3H3,(H,27,30)/t20-/m1/s1. The van der Waals surface area contributed by atoms with E-state index in [1.54, 1.807) is 36.4 Å². The summed E-state index contributed by atoms with van der Waals surface area (Å²) >= 11 is 24.7. The molecule has 1 atom stereocenters. The fourth-order valence-corrected chi connectivity index (χ4v) is 3.92. The van der Waals surface area contributed by atoms with E-state index in [-0.39, 0.29) is 30.8 Å². The molecule has 2 aromatic rings. The molecule has 0 saturated heterocycles. The van der Waals surface area contributed by atoms with Crippen molar-refractivity contribution >= 4 is 58.2 Å². The molecule has 0 fully saturated rings. The van der Waals surface area contributed by atoms with Gasteiger partial charge in [0, 0.05) is 28.2 Å². The van der Waals surface area contributed by atoms with Crippen LogP contribution in [-0.4, -0.2) is 28.8 Å². The third-order valence-electron chi connectivity index (χ3n) is 4.55. The predicted molar refractivity (Wildman–Crippen MR) is 125 cm³/mol. The Hall–Kier alpha value is -1.46. The number of amides is 2. The second-order valence-corrected chi connectivity index (χ2v) is 8.86. The molecule has 0 aliphatic rings. The number of benzene rings is 2. The van der Waals surface area contributed by atoms with Crippen molar-refractivity contribution in [3.05, 3.63) is 67.6 Å². The van der Waals surface area contributed by atoms with Gasteiger partial charge in [-0.1, -0.05) is 65.5 Å². The Labute approximate surface area is 197 Å². The number of halogens is 4. The first-order valence-corrected chi connectivity index (χ1v) is 11.1. The van der Waals surface area contributed by atoms with Gasteiger partial charge in [-0.05, 0) is 50.1 Å². The first kappa shape index (κ1) is 24.8. The van der Waals surface area contributed by atoms with Crippen molar-refractivity contribution in [3.63, 3.8) is 0 Å². The summed E-state index contributed by atoms with van der Waals surface area (Å²) in [7, 11) is 0. The molecule has 2 rings (SSSR count). The highest BCUT2D eigenvalue weighted by Gasteiger charge is 2.30. The molecular formula is C22H24Cl4N2O2. The molecule has 2 amide bonds. The highest BCUT2D eigenvalue weighted by Crippen LogP contribution is 2.28. The largest absolute Gasteiger partial charge is 0.352 e. The van der Waals surface area contributed by atoms with Gasteiger partial charge in [-0.15, -0.1) is 0 Å². The zero-order valence-electron chi connectivity index (χ0n) is 17.0. The number of nitrogens with zero attached hydrogens (tertiary/aromatic N) is 1. The number of hydrogen-bond acceptors (Lipinski definition) is 2. The summed E-state index contributed by atoms with van der Waals surface area (Å²) in [6.45, 7) is 5.72. The number of nitrogens with one attached hydrogen (secondary N) is 1. The van der Waals surface area contributed by atoms with Crippen LogP contribution in [0.3, 0.4) is 0 Å². The molecule has 0 aliphatic heterocycles. The molecule has 0 heterocycles. The maximum Gasteiger partial charge on any atom is 0.243 e. The average molecular weight is 490 g/mol. The van der Waals surface area contributed by atoms with Crippen LogP contribution in [0.2, 0.25) is 20.1 Å². The Kier molecular flexibility index (Phi) is 9.30. The lowest BCUT2D eigenvalue weighted by Gasteiger charge is -2.32. The van der Waals surface area contributed by atoms with Gasteiger partial charge in [-0.2, -0.15) is 0 Å². The van der Waals surface area contributed by atoms with Crippen molar-refractivity contribution in [2.24, 2.45) is 0 Å². The molecule has 8 heteroatoms. The summed E-state index contributed by atoms with van der Waals surface area (Å²) in [6.07, 6.45) is 0.498. The predicted octanol–water partition coefficient (Wildman–Crippen LogP) is 6.17. The summed E-state index contributed by atoms with van der Waals surface area (Å²) in [5, 5.41) is 4.55. The average Bonchev–Trinajstić information content (AvgIpc) is 2.66. The maximum absolute atomic E-state index is 13.3. The van der Waals surface area contributed by atoms with E-state index in [1.807, 2.05) is 20.8 Å². The third kappa shape index (κ3) is 6.52. The topological polar surface area (TPSA) is 49.4 Å². The van der Waals surface area contributed by atoms with E-state index < -0.39 is 6.04 Å². The minimum atomic E-state index is -0.671. The first-order chi connectivity index (χ1) is 14.1. The van der Waals surface area contributed by atoms with Crippen LogP contribution in [0.25, 0.3) is 0 Å². The van der Waals surface area contributed by atoms with Gasteiger partial charge in [0.25, 0.3) is 0 Å². The van der Waals surface area contributed by atoms with Gasteiger partial charge in [0.2, 0.25) is 11.8 Å². The molecule has 0 bridgehead atoms. The summed E-state index contributed by atoms with van der Waals surface area (Å²) < 4.78 is 0. The summed E-state index contributed by atoms with van der Waals surface area (Å²) in [4.78, 5) is 27.7. The van der Waals surface area contributed by atoms with E-state index >= 15 is 0 Å². The van der Waals surface area contributed by atoms with Crippen molar-refractivity contribution in [3.8, 4) is 0 Å². The zero-order valence-corrected chi connectivity index (χ0v) is 20.0. The van der Waals surface area contributed by atoms with Crippen LogP contribution in [0.5, 0.6) is 0 Å². The van der Waals surface area contributed by atoms with Crippen molar-refractivity contribution in [1.29, 1.82) is 0 Å². The van der Waals surface area contributed by atoms with E-state index in [0.717, 1.165) is 0 Å². The Balaban J connectivity index is 2.39. The lowest BCUT2D eigenvalue weighted by Crippen LogP contribution is -2.50. The van der Waals surface area contributed by atoms with Crippen LogP contribution in [0.4, 0.5) is 0 Å². The van der Waals surface area contributed by atoms with Crippen LogP contribution < -0.4 is 5.32 Å². The van der Waals surface area contributed by atoms with Crippen LogP contribution in [-0.2, 0) is 22.6 Å². The first-order valence-electron chi connectivity index (χ1n) is 9.60. The van der Waals surface area contributed by atoms with Crippen molar-refractivity contribution in [2.45, 2.75) is 52.2 Å². The van der Waals surface area contributed by atoms with Gasteiger partial charge < -0.3 is 10.2 Å². The molecular weight excluding hydrogens is 466 g/mol. The van der Waals surface area contributed by atoms with Gasteiger partial charge in [0.05, 0.1) is 16.5 Å².